The first-order chi connectivity index (χ1) is 9.40. The van der Waals surface area contributed by atoms with Crippen LogP contribution < -0.4 is 0 Å². The first-order valence-electron chi connectivity index (χ1n) is 6.67. The third kappa shape index (κ3) is 2.81. The van der Waals surface area contributed by atoms with E-state index in [9.17, 15) is 19.1 Å². The van der Waals surface area contributed by atoms with Crippen LogP contribution in [-0.2, 0) is 16.1 Å². The topological polar surface area (TPSA) is 57.6 Å². The van der Waals surface area contributed by atoms with E-state index in [0.29, 0.717) is 5.56 Å². The molecule has 1 aliphatic heterocycles. The van der Waals surface area contributed by atoms with Gasteiger partial charge in [0, 0.05) is 19.0 Å². The van der Waals surface area contributed by atoms with E-state index in [0.717, 1.165) is 0 Å². The molecule has 0 saturated carbocycles. The summed E-state index contributed by atoms with van der Waals surface area (Å²) < 4.78 is 13.2. The van der Waals surface area contributed by atoms with Crippen molar-refractivity contribution in [3.63, 3.8) is 0 Å². The van der Waals surface area contributed by atoms with Gasteiger partial charge in [0.25, 0.3) is 0 Å². The Morgan fingerprint density at radius 1 is 1.45 bits per heavy atom. The Morgan fingerprint density at radius 3 is 2.75 bits per heavy atom. The van der Waals surface area contributed by atoms with E-state index in [4.69, 9.17) is 0 Å². The molecule has 1 aromatic rings. The predicted octanol–water partition coefficient (Wildman–Crippen LogP) is 2.28. The van der Waals surface area contributed by atoms with Gasteiger partial charge in [-0.15, -0.1) is 0 Å². The summed E-state index contributed by atoms with van der Waals surface area (Å²) in [5, 5.41) is 9.30. The van der Waals surface area contributed by atoms with Gasteiger partial charge in [0.05, 0.1) is 5.92 Å². The molecule has 1 fully saturated rings. The normalized spacial score (nSPS) is 26.6. The van der Waals surface area contributed by atoms with Gasteiger partial charge < -0.3 is 10.0 Å². The maximum Gasteiger partial charge on any atom is 0.308 e. The van der Waals surface area contributed by atoms with Gasteiger partial charge in [-0.25, -0.2) is 4.39 Å². The molecule has 1 N–H and O–H groups in total. The number of benzene rings is 1. The number of carbonyl (C=O) groups excluding carboxylic acids is 1. The molecule has 3 unspecified atom stereocenters. The summed E-state index contributed by atoms with van der Waals surface area (Å²) in [4.78, 5) is 25.0. The zero-order chi connectivity index (χ0) is 14.9. The highest BCUT2D eigenvalue weighted by Gasteiger charge is 2.41. The molecule has 0 aliphatic carbocycles. The zero-order valence-corrected chi connectivity index (χ0v) is 11.5. The molecule has 1 amide bonds. The summed E-state index contributed by atoms with van der Waals surface area (Å²) in [7, 11) is 0. The van der Waals surface area contributed by atoms with Crippen molar-refractivity contribution in [2.75, 3.05) is 0 Å². The average Bonchev–Trinajstić information content (AvgIpc) is 2.33. The molecule has 1 aliphatic rings. The van der Waals surface area contributed by atoms with Crippen LogP contribution in [0.15, 0.2) is 24.3 Å². The lowest BCUT2D eigenvalue weighted by Gasteiger charge is -2.40. The van der Waals surface area contributed by atoms with E-state index in [1.807, 2.05) is 0 Å². The van der Waals surface area contributed by atoms with Gasteiger partial charge in [0.1, 0.15) is 5.82 Å². The first-order valence-corrected chi connectivity index (χ1v) is 6.67. The molecule has 0 bridgehead atoms. The average molecular weight is 279 g/mol. The summed E-state index contributed by atoms with van der Waals surface area (Å²) in [6.07, 6.45) is 0.219. The molecule has 1 aromatic carbocycles. The Kier molecular flexibility index (Phi) is 4.06. The van der Waals surface area contributed by atoms with Crippen molar-refractivity contribution in [2.45, 2.75) is 32.9 Å². The number of carboxylic acids is 1. The molecular weight excluding hydrogens is 261 g/mol. The van der Waals surface area contributed by atoms with Gasteiger partial charge in [-0.1, -0.05) is 19.1 Å². The maximum atomic E-state index is 13.2. The third-order valence-corrected chi connectivity index (χ3v) is 3.97. The summed E-state index contributed by atoms with van der Waals surface area (Å²) in [5.41, 5.74) is 0.670. The lowest BCUT2D eigenvalue weighted by molar-refractivity contribution is -0.155. The number of aliphatic carboxylic acids is 1. The van der Waals surface area contributed by atoms with Gasteiger partial charge >= 0.3 is 5.97 Å². The van der Waals surface area contributed by atoms with Crippen molar-refractivity contribution >= 4 is 11.9 Å². The summed E-state index contributed by atoms with van der Waals surface area (Å²) in [6, 6.07) is 5.63. The van der Waals surface area contributed by atoms with Crippen LogP contribution in [0.1, 0.15) is 25.8 Å². The second kappa shape index (κ2) is 5.61. The number of amides is 1. The summed E-state index contributed by atoms with van der Waals surface area (Å²) in [6.45, 7) is 3.77. The second-order valence-corrected chi connectivity index (χ2v) is 5.44. The molecule has 1 saturated heterocycles. The van der Waals surface area contributed by atoms with Crippen molar-refractivity contribution in [2.24, 2.45) is 11.8 Å². The van der Waals surface area contributed by atoms with E-state index in [-0.39, 0.29) is 30.6 Å². The van der Waals surface area contributed by atoms with Crippen LogP contribution in [0, 0.1) is 17.7 Å². The Hall–Kier alpha value is -1.91. The lowest BCUT2D eigenvalue weighted by Crippen LogP contribution is -2.52. The summed E-state index contributed by atoms with van der Waals surface area (Å²) in [5.74, 6) is -2.09. The van der Waals surface area contributed by atoms with E-state index >= 15 is 0 Å². The highest BCUT2D eigenvalue weighted by Crippen LogP contribution is 2.31. The largest absolute Gasteiger partial charge is 0.481 e. The number of piperidine rings is 1. The number of rotatable bonds is 3. The van der Waals surface area contributed by atoms with E-state index in [1.165, 1.54) is 17.0 Å². The molecule has 20 heavy (non-hydrogen) atoms. The maximum absolute atomic E-state index is 13.2. The van der Waals surface area contributed by atoms with E-state index < -0.39 is 17.9 Å². The molecule has 1 heterocycles. The fraction of sp³-hybridized carbons (Fsp3) is 0.467. The van der Waals surface area contributed by atoms with Crippen molar-refractivity contribution in [1.82, 2.24) is 4.90 Å². The van der Waals surface area contributed by atoms with Crippen LogP contribution in [-0.4, -0.2) is 27.9 Å². The minimum absolute atomic E-state index is 0.0771. The third-order valence-electron chi connectivity index (χ3n) is 3.97. The quantitative estimate of drug-likeness (QED) is 0.923. The number of likely N-dealkylation sites (tertiary alicyclic amines) is 1. The molecular formula is C15H18FNO3. The highest BCUT2D eigenvalue weighted by atomic mass is 19.1. The second-order valence-electron chi connectivity index (χ2n) is 5.44. The monoisotopic (exact) mass is 279 g/mol. The standard InChI is InChI=1S/C15H18FNO3/c1-9-6-13(18)17(10(2)14(9)15(19)20)8-11-4-3-5-12(16)7-11/h3-5,7,9-10,14H,6,8H2,1-2H3,(H,19,20). The Bertz CT molecular complexity index is 532. The fourth-order valence-corrected chi connectivity index (χ4v) is 2.93. The van der Waals surface area contributed by atoms with Gasteiger partial charge in [-0.05, 0) is 30.5 Å². The Morgan fingerprint density at radius 2 is 2.15 bits per heavy atom. The Balaban J connectivity index is 2.21. The molecule has 5 heteroatoms. The van der Waals surface area contributed by atoms with Gasteiger partial charge in [0.15, 0.2) is 0 Å². The minimum atomic E-state index is -0.887. The van der Waals surface area contributed by atoms with Crippen LogP contribution in [0.2, 0.25) is 0 Å². The predicted molar refractivity (Wildman–Crippen MR) is 71.3 cm³/mol. The van der Waals surface area contributed by atoms with E-state index in [1.54, 1.807) is 26.0 Å². The van der Waals surface area contributed by atoms with Crippen molar-refractivity contribution in [3.8, 4) is 0 Å². The van der Waals surface area contributed by atoms with Gasteiger partial charge in [-0.3, -0.25) is 9.59 Å². The minimum Gasteiger partial charge on any atom is -0.481 e. The number of carbonyl (C=O) groups is 2. The van der Waals surface area contributed by atoms with Crippen LogP contribution in [0.4, 0.5) is 4.39 Å². The molecule has 0 radical (unpaired) electrons. The number of hydrogen-bond donors (Lipinski definition) is 1. The van der Waals surface area contributed by atoms with Crippen molar-refractivity contribution in [3.05, 3.63) is 35.6 Å². The highest BCUT2D eigenvalue weighted by molar-refractivity contribution is 5.81. The van der Waals surface area contributed by atoms with Crippen molar-refractivity contribution in [1.29, 1.82) is 0 Å². The number of carboxylic acid groups (broad SMARTS) is 1. The number of hydrogen-bond acceptors (Lipinski definition) is 2. The van der Waals surface area contributed by atoms with Crippen LogP contribution >= 0.6 is 0 Å². The number of nitrogens with zero attached hydrogens (tertiary/aromatic N) is 1. The van der Waals surface area contributed by atoms with Crippen LogP contribution in [0.5, 0.6) is 0 Å². The van der Waals surface area contributed by atoms with Gasteiger partial charge in [-0.2, -0.15) is 0 Å². The zero-order valence-electron chi connectivity index (χ0n) is 11.5. The molecule has 4 nitrogen and oxygen atoms in total. The first kappa shape index (κ1) is 14.5. The smallest absolute Gasteiger partial charge is 0.308 e. The number of halogens is 1. The lowest BCUT2D eigenvalue weighted by atomic mass is 9.81. The van der Waals surface area contributed by atoms with Crippen LogP contribution in [0.25, 0.3) is 0 Å². The molecule has 0 aromatic heterocycles. The van der Waals surface area contributed by atoms with E-state index in [2.05, 4.69) is 0 Å². The fourth-order valence-electron chi connectivity index (χ4n) is 2.93. The summed E-state index contributed by atoms with van der Waals surface area (Å²) >= 11 is 0. The van der Waals surface area contributed by atoms with Crippen molar-refractivity contribution < 1.29 is 19.1 Å². The van der Waals surface area contributed by atoms with Crippen LogP contribution in [0.3, 0.4) is 0 Å². The Labute approximate surface area is 117 Å². The molecule has 3 atom stereocenters. The molecule has 0 spiro atoms. The van der Waals surface area contributed by atoms with Gasteiger partial charge in [0.2, 0.25) is 5.91 Å². The SMILES string of the molecule is CC1CC(=O)N(Cc2cccc(F)c2)C(C)C1C(=O)O. The molecule has 2 rings (SSSR count). The molecule has 108 valence electrons.